The van der Waals surface area contributed by atoms with Crippen molar-refractivity contribution in [3.8, 4) is 0 Å². The molecule has 0 saturated carbocycles. The average Bonchev–Trinajstić information content (AvgIpc) is 2.48. The van der Waals surface area contributed by atoms with E-state index in [1.807, 2.05) is 17.0 Å². The third-order valence-corrected chi connectivity index (χ3v) is 3.76. The first kappa shape index (κ1) is 20.2. The lowest BCUT2D eigenvalue weighted by molar-refractivity contribution is 0.425. The topological polar surface area (TPSA) is 15.3 Å². The van der Waals surface area contributed by atoms with Gasteiger partial charge in [0, 0.05) is 25.2 Å². The molecule has 1 aromatic carbocycles. The summed E-state index contributed by atoms with van der Waals surface area (Å²) in [6.45, 7) is 14.9. The van der Waals surface area contributed by atoms with Crippen LogP contribution in [0.1, 0.15) is 33.3 Å². The molecule has 0 amide bonds. The third-order valence-electron chi connectivity index (χ3n) is 3.22. The monoisotopic (exact) mass is 324 g/mol. The highest BCUT2D eigenvalue weighted by molar-refractivity contribution is 8.10. The van der Waals surface area contributed by atoms with Crippen LogP contribution in [0, 0.1) is 0 Å². The lowest BCUT2D eigenvalue weighted by Gasteiger charge is -2.26. The van der Waals surface area contributed by atoms with Crippen LogP contribution >= 0.6 is 24.8 Å². The van der Waals surface area contributed by atoms with Gasteiger partial charge in [-0.25, -0.2) is 0 Å². The van der Waals surface area contributed by atoms with E-state index in [2.05, 4.69) is 76.5 Å². The molecular formula is C17H28N2S2. The Kier molecular flexibility index (Phi) is 10.4. The molecule has 0 aliphatic rings. The molecular weight excluding hydrogens is 296 g/mol. The number of hydrogen-bond donors (Lipinski definition) is 2. The van der Waals surface area contributed by atoms with Gasteiger partial charge in [0.1, 0.15) is 4.32 Å². The highest BCUT2D eigenvalue weighted by Gasteiger charge is 2.17. The molecule has 118 valence electrons. The number of thiol groups is 1. The fraction of sp³-hybridized carbons (Fsp3) is 0.471. The van der Waals surface area contributed by atoms with Crippen LogP contribution in [0.5, 0.6) is 0 Å². The normalized spacial score (nSPS) is 10.3. The minimum atomic E-state index is 0.0233. The Morgan fingerprint density at radius 1 is 1.29 bits per heavy atom. The SMILES string of the molecule is C=CCNC(C)(C)c1ccccc1.CCN(CC)C(=S)S. The van der Waals surface area contributed by atoms with E-state index < -0.39 is 0 Å². The summed E-state index contributed by atoms with van der Waals surface area (Å²) in [7, 11) is 0. The zero-order valence-electron chi connectivity index (χ0n) is 13.6. The number of hydrogen-bond acceptors (Lipinski definition) is 2. The molecule has 0 spiro atoms. The number of nitrogens with zero attached hydrogens (tertiary/aromatic N) is 1. The van der Waals surface area contributed by atoms with Crippen molar-refractivity contribution in [3.05, 3.63) is 48.6 Å². The van der Waals surface area contributed by atoms with Gasteiger partial charge in [-0.3, -0.25) is 0 Å². The number of benzene rings is 1. The molecule has 1 aromatic rings. The maximum atomic E-state index is 4.81. The van der Waals surface area contributed by atoms with E-state index in [0.29, 0.717) is 4.32 Å². The largest absolute Gasteiger partial charge is 0.358 e. The van der Waals surface area contributed by atoms with Crippen molar-refractivity contribution in [1.82, 2.24) is 10.2 Å². The van der Waals surface area contributed by atoms with E-state index in [1.54, 1.807) is 0 Å². The Labute approximate surface area is 141 Å². The second-order valence-electron chi connectivity index (χ2n) is 5.12. The number of thiocarbonyl (C=S) groups is 1. The highest BCUT2D eigenvalue weighted by Crippen LogP contribution is 2.18. The fourth-order valence-electron chi connectivity index (χ4n) is 1.78. The molecule has 0 bridgehead atoms. The quantitative estimate of drug-likeness (QED) is 0.462. The smallest absolute Gasteiger partial charge is 0.133 e. The molecule has 0 fully saturated rings. The average molecular weight is 325 g/mol. The first-order valence-electron chi connectivity index (χ1n) is 7.28. The van der Waals surface area contributed by atoms with Crippen molar-refractivity contribution in [2.75, 3.05) is 19.6 Å². The second kappa shape index (κ2) is 10.8. The zero-order chi connectivity index (χ0) is 16.3. The van der Waals surface area contributed by atoms with Crippen LogP contribution in [-0.2, 0) is 5.54 Å². The van der Waals surface area contributed by atoms with E-state index in [9.17, 15) is 0 Å². The molecule has 0 aliphatic carbocycles. The van der Waals surface area contributed by atoms with Gasteiger partial charge in [0.2, 0.25) is 0 Å². The summed E-state index contributed by atoms with van der Waals surface area (Å²) in [4.78, 5) is 2.01. The van der Waals surface area contributed by atoms with Crippen LogP contribution < -0.4 is 5.32 Å². The van der Waals surface area contributed by atoms with E-state index in [4.69, 9.17) is 12.2 Å². The van der Waals surface area contributed by atoms with Gasteiger partial charge in [0.25, 0.3) is 0 Å². The van der Waals surface area contributed by atoms with E-state index in [1.165, 1.54) is 5.56 Å². The van der Waals surface area contributed by atoms with Gasteiger partial charge < -0.3 is 10.2 Å². The first-order chi connectivity index (χ1) is 9.88. The molecule has 21 heavy (non-hydrogen) atoms. The molecule has 2 nitrogen and oxygen atoms in total. The van der Waals surface area contributed by atoms with Crippen molar-refractivity contribution in [1.29, 1.82) is 0 Å². The summed E-state index contributed by atoms with van der Waals surface area (Å²) in [5, 5.41) is 3.41. The standard InChI is InChI=1S/C12H17N.C5H11NS2/c1-4-10-13-12(2,3)11-8-6-5-7-9-11;1-3-6(4-2)5(7)8/h4-9,13H,1,10H2,2-3H3;3-4H2,1-2H3,(H,7,8). The van der Waals surface area contributed by atoms with Gasteiger partial charge in [-0.15, -0.1) is 19.2 Å². The third kappa shape index (κ3) is 8.24. The van der Waals surface area contributed by atoms with Gasteiger partial charge in [-0.1, -0.05) is 48.6 Å². The van der Waals surface area contributed by atoms with Gasteiger partial charge in [0.15, 0.2) is 0 Å². The Bertz CT molecular complexity index is 412. The summed E-state index contributed by atoms with van der Waals surface area (Å²) in [6.07, 6.45) is 1.88. The van der Waals surface area contributed by atoms with E-state index in [0.717, 1.165) is 19.6 Å². The zero-order valence-corrected chi connectivity index (χ0v) is 15.3. The molecule has 0 saturated heterocycles. The summed E-state index contributed by atoms with van der Waals surface area (Å²) in [6, 6.07) is 10.4. The Morgan fingerprint density at radius 2 is 1.81 bits per heavy atom. The van der Waals surface area contributed by atoms with Gasteiger partial charge in [-0.05, 0) is 33.3 Å². The Balaban J connectivity index is 0.000000433. The lowest BCUT2D eigenvalue weighted by atomic mass is 9.94. The molecule has 0 unspecified atom stereocenters. The lowest BCUT2D eigenvalue weighted by Crippen LogP contribution is -2.36. The number of nitrogens with one attached hydrogen (secondary N) is 1. The summed E-state index contributed by atoms with van der Waals surface area (Å²) < 4.78 is 0.690. The molecule has 1 rings (SSSR count). The highest BCUT2D eigenvalue weighted by atomic mass is 32.1. The van der Waals surface area contributed by atoms with Crippen molar-refractivity contribution in [2.24, 2.45) is 0 Å². The summed E-state index contributed by atoms with van der Waals surface area (Å²) in [5.74, 6) is 0. The van der Waals surface area contributed by atoms with Crippen molar-refractivity contribution in [2.45, 2.75) is 33.2 Å². The van der Waals surface area contributed by atoms with Crippen LogP contribution in [0.3, 0.4) is 0 Å². The first-order valence-corrected chi connectivity index (χ1v) is 8.13. The molecule has 0 heterocycles. The van der Waals surface area contributed by atoms with Crippen LogP contribution in [0.2, 0.25) is 0 Å². The predicted molar refractivity (Wildman–Crippen MR) is 102 cm³/mol. The van der Waals surface area contributed by atoms with Gasteiger partial charge in [-0.2, -0.15) is 0 Å². The van der Waals surface area contributed by atoms with Crippen molar-refractivity contribution < 1.29 is 0 Å². The summed E-state index contributed by atoms with van der Waals surface area (Å²) in [5.41, 5.74) is 1.33. The molecule has 1 N–H and O–H groups in total. The molecule has 0 aliphatic heterocycles. The van der Waals surface area contributed by atoms with Crippen molar-refractivity contribution in [3.63, 3.8) is 0 Å². The minimum absolute atomic E-state index is 0.0233. The van der Waals surface area contributed by atoms with Crippen molar-refractivity contribution >= 4 is 29.2 Å². The van der Waals surface area contributed by atoms with Gasteiger partial charge >= 0.3 is 0 Å². The maximum absolute atomic E-state index is 4.81. The van der Waals surface area contributed by atoms with Crippen LogP contribution in [0.4, 0.5) is 0 Å². The molecule has 4 heteroatoms. The minimum Gasteiger partial charge on any atom is -0.358 e. The van der Waals surface area contributed by atoms with Gasteiger partial charge in [0.05, 0.1) is 0 Å². The van der Waals surface area contributed by atoms with E-state index in [-0.39, 0.29) is 5.54 Å². The second-order valence-corrected chi connectivity index (χ2v) is 6.23. The van der Waals surface area contributed by atoms with Crippen LogP contribution in [0.15, 0.2) is 43.0 Å². The molecule has 0 aromatic heterocycles. The van der Waals surface area contributed by atoms with Crippen LogP contribution in [-0.4, -0.2) is 28.9 Å². The molecule has 0 radical (unpaired) electrons. The molecule has 0 atom stereocenters. The predicted octanol–water partition coefficient (Wildman–Crippen LogP) is 4.24. The fourth-order valence-corrected chi connectivity index (χ4v) is 2.32. The van der Waals surface area contributed by atoms with E-state index >= 15 is 0 Å². The Hall–Kier alpha value is -0.840. The number of rotatable bonds is 6. The summed E-state index contributed by atoms with van der Waals surface area (Å²) >= 11 is 8.82. The Morgan fingerprint density at radius 3 is 2.14 bits per heavy atom. The van der Waals surface area contributed by atoms with Crippen LogP contribution in [0.25, 0.3) is 0 Å². The maximum Gasteiger partial charge on any atom is 0.133 e.